The van der Waals surface area contributed by atoms with E-state index in [1.807, 2.05) is 323 Å². The number of anilines is 12. The number of ether oxygens (including phenoxy) is 2. The van der Waals surface area contributed by atoms with E-state index in [-0.39, 0.29) is 11.1 Å². The average Bonchev–Trinajstić information content (AvgIpc) is 1.54. The normalized spacial score (nSPS) is 13.8. The molecule has 0 aliphatic heterocycles. The summed E-state index contributed by atoms with van der Waals surface area (Å²) in [7, 11) is 0. The zero-order valence-corrected chi connectivity index (χ0v) is 75.3. The van der Waals surface area contributed by atoms with E-state index in [0.717, 1.165) is 135 Å². The molecule has 2 unspecified atom stereocenters. The third kappa shape index (κ3) is 15.7. The molecule has 23 rings (SSSR count). The molecule has 2 aliphatic carbocycles. The number of benzene rings is 20. The Kier molecular flexibility index (Phi) is 22.1. The van der Waals surface area contributed by atoms with Crippen LogP contribution in [0.15, 0.2) is 466 Å². The van der Waals surface area contributed by atoms with Crippen molar-refractivity contribution in [3.63, 3.8) is 0 Å². The number of nitrogens with zero attached hydrogens (tertiary/aromatic N) is 4. The van der Waals surface area contributed by atoms with Crippen LogP contribution in [0.1, 0.15) is 55.6 Å². The van der Waals surface area contributed by atoms with Crippen molar-refractivity contribution in [2.45, 2.75) is 10.8 Å². The lowest BCUT2D eigenvalue weighted by atomic mass is 9.67. The molecule has 0 amide bonds. The third-order valence-corrected chi connectivity index (χ3v) is 27.0. The van der Waals surface area contributed by atoms with Crippen molar-refractivity contribution in [3.8, 4) is 67.5 Å². The van der Waals surface area contributed by atoms with Gasteiger partial charge in [0.05, 0.1) is 10.8 Å². The Morgan fingerprint density at radius 1 is 0.213 bits per heavy atom. The second kappa shape index (κ2) is 35.9. The van der Waals surface area contributed by atoms with E-state index >= 15 is 26.3 Å². The third-order valence-electron chi connectivity index (χ3n) is 27.0. The second-order valence-electron chi connectivity index (χ2n) is 35.0. The first-order chi connectivity index (χ1) is 69.0. The lowest BCUT2D eigenvalue weighted by molar-refractivity contribution is 0.481. The van der Waals surface area contributed by atoms with Gasteiger partial charge >= 0.3 is 0 Å². The summed E-state index contributed by atoms with van der Waals surface area (Å²) in [5.41, 5.74) is 21.1. The fourth-order valence-corrected chi connectivity index (χ4v) is 20.5. The minimum atomic E-state index is -1.31. The van der Waals surface area contributed by atoms with Crippen LogP contribution in [0.5, 0.6) is 23.0 Å². The molecular formula is C126H80F8N4O3. The standard InChI is InChI=1S/C126H80F8N4O3/c1-3-79-13-59-105(60-14-79)139-107-63-25-85(26-64-107)125(117-71-37-91(131)73-121(117)133)115-11-7-5-9-109(115)111-67-55-101(75-119(111)125)135(97-47-29-87(127)30-48-97)93-39-17-81(18-40-93)83-21-43-95(44-22-83)137(99-51-33-89(129)34-52-99)103-57-69-113-114-70-58-104(78-124(114)141-123(113)77-103)138(100-53-35-90(130)36-54-100)96-45-23-84(24-46-96)82-19-41-94(42-20-82)136(98-49-31-88(128)32-50-98)102-56-68-112-110-10-6-8-12-116(110)126(120(112)76-102,118-72-38-92(132)74-122(118)134)86-27-65-108(66-28-86)140-106-61-15-80(4-2)16-62-106/h3-78H,1-2H2. The van der Waals surface area contributed by atoms with Crippen molar-refractivity contribution in [2.75, 3.05) is 19.6 Å². The molecule has 1 aromatic heterocycles. The Morgan fingerprint density at radius 3 is 0.752 bits per heavy atom. The SMILES string of the molecule is C=Cc1ccc(Oc2ccc(C3(c4ccc(F)cc4F)c4ccccc4-c4ccc(N(c5ccc(F)cc5)c5ccc(-c6ccc(N(c7ccc(F)cc7)c7ccc8c(c7)oc7cc(N(c9ccc(F)cc9)c9ccc(-c%10ccc(N(c%11ccc(F)cc%11)c%11ccc%12c(c%11)C(c%11ccc(Oc%13ccc(C=C)cc%13)cc%11)(c%11ccc(F)cc%11F)c%11ccccc%11-%12)cc%10)cc9)ccc78)cc6)cc5)cc43)cc2)cc1. The number of fused-ring (bicyclic) bond motifs is 9. The van der Waals surface area contributed by atoms with Crippen LogP contribution in [0.4, 0.5) is 103 Å². The van der Waals surface area contributed by atoms with Crippen LogP contribution in [0.2, 0.25) is 0 Å². The molecule has 0 bridgehead atoms. The molecule has 2 aliphatic rings. The van der Waals surface area contributed by atoms with E-state index in [1.165, 1.54) is 72.8 Å². The molecule has 0 fully saturated rings. The number of rotatable bonds is 24. The summed E-state index contributed by atoms with van der Waals surface area (Å²) < 4.78 is 144. The molecule has 0 saturated heterocycles. The Balaban J connectivity index is 0.538. The van der Waals surface area contributed by atoms with Crippen LogP contribution in [0.25, 0.3) is 78.6 Å². The van der Waals surface area contributed by atoms with Crippen molar-refractivity contribution in [1.82, 2.24) is 0 Å². The van der Waals surface area contributed by atoms with Gasteiger partial charge in [0.1, 0.15) is 80.7 Å². The van der Waals surface area contributed by atoms with Gasteiger partial charge < -0.3 is 33.5 Å². The first-order valence-electron chi connectivity index (χ1n) is 46.0. The van der Waals surface area contributed by atoms with Crippen LogP contribution in [0.3, 0.4) is 0 Å². The van der Waals surface area contributed by atoms with Crippen molar-refractivity contribution < 1.29 is 49.0 Å². The minimum Gasteiger partial charge on any atom is -0.457 e. The molecule has 0 N–H and O–H groups in total. The predicted molar refractivity (Wildman–Crippen MR) is 551 cm³/mol. The maximum atomic E-state index is 17.1. The maximum absolute atomic E-state index is 17.1. The second-order valence-corrected chi connectivity index (χ2v) is 35.0. The van der Waals surface area contributed by atoms with Gasteiger partial charge in [-0.05, 0) is 344 Å². The monoisotopic (exact) mass is 1850 g/mol. The molecule has 0 spiro atoms. The lowest BCUT2D eigenvalue weighted by Gasteiger charge is -2.35. The molecule has 1 heterocycles. The number of hydrogen-bond acceptors (Lipinski definition) is 7. The minimum absolute atomic E-state index is 0.252. The molecule has 0 saturated carbocycles. The highest BCUT2D eigenvalue weighted by atomic mass is 19.2. The Hall–Kier alpha value is -18.1. The molecule has 20 aromatic carbocycles. The molecule has 21 aromatic rings. The van der Waals surface area contributed by atoms with Crippen molar-refractivity contribution in [3.05, 3.63) is 564 Å². The summed E-state index contributed by atoms with van der Waals surface area (Å²) in [6.07, 6.45) is 3.52. The van der Waals surface area contributed by atoms with Crippen LogP contribution in [0, 0.1) is 46.5 Å². The summed E-state index contributed by atoms with van der Waals surface area (Å²) in [6, 6.07) is 135. The highest BCUT2D eigenvalue weighted by Gasteiger charge is 2.50. The Bertz CT molecular complexity index is 7890. The van der Waals surface area contributed by atoms with Gasteiger partial charge in [-0.25, -0.2) is 35.1 Å². The van der Waals surface area contributed by atoms with Gasteiger partial charge in [-0.2, -0.15) is 0 Å². The highest BCUT2D eigenvalue weighted by molar-refractivity contribution is 6.08. The fourth-order valence-electron chi connectivity index (χ4n) is 20.5. The van der Waals surface area contributed by atoms with Gasteiger partial charge in [0.15, 0.2) is 0 Å². The fraction of sp³-hybridized carbons (Fsp3) is 0.0159. The zero-order chi connectivity index (χ0) is 95.7. The number of halogens is 8. The smallest absolute Gasteiger partial charge is 0.137 e. The zero-order valence-electron chi connectivity index (χ0n) is 75.3. The van der Waals surface area contributed by atoms with Crippen LogP contribution >= 0.6 is 0 Å². The summed E-state index contributed by atoms with van der Waals surface area (Å²) >= 11 is 0. The van der Waals surface area contributed by atoms with Gasteiger partial charge in [0.2, 0.25) is 0 Å². The van der Waals surface area contributed by atoms with Crippen LogP contribution in [-0.4, -0.2) is 0 Å². The summed E-state index contributed by atoms with van der Waals surface area (Å²) in [5.74, 6) is -2.11. The quantitative estimate of drug-likeness (QED) is 0.0559. The molecular weight excluding hydrogens is 1770 g/mol. The van der Waals surface area contributed by atoms with Crippen molar-refractivity contribution in [1.29, 1.82) is 0 Å². The highest BCUT2D eigenvalue weighted by Crippen LogP contribution is 2.61. The molecule has 7 nitrogen and oxygen atoms in total. The first-order valence-corrected chi connectivity index (χ1v) is 46.0. The molecule has 678 valence electrons. The average molecular weight is 1850 g/mol. The van der Waals surface area contributed by atoms with Crippen LogP contribution in [-0.2, 0) is 10.8 Å². The van der Waals surface area contributed by atoms with Gasteiger partial charge in [0, 0.05) is 114 Å². The molecule has 2 atom stereocenters. The topological polar surface area (TPSA) is 44.6 Å². The van der Waals surface area contributed by atoms with Crippen LogP contribution < -0.4 is 29.1 Å². The van der Waals surface area contributed by atoms with E-state index in [4.69, 9.17) is 13.9 Å². The molecule has 0 radical (unpaired) electrons. The summed E-state index contributed by atoms with van der Waals surface area (Å²) in [5, 5.41) is 1.71. The maximum Gasteiger partial charge on any atom is 0.137 e. The van der Waals surface area contributed by atoms with Crippen molar-refractivity contribution >= 4 is 102 Å². The number of furan rings is 1. The summed E-state index contributed by atoms with van der Waals surface area (Å²) in [4.78, 5) is 8.14. The van der Waals surface area contributed by atoms with Gasteiger partial charge in [0.25, 0.3) is 0 Å². The van der Waals surface area contributed by atoms with Gasteiger partial charge in [-0.15, -0.1) is 0 Å². The first kappa shape index (κ1) is 87.0. The summed E-state index contributed by atoms with van der Waals surface area (Å²) in [6.45, 7) is 7.74. The Labute approximate surface area is 808 Å². The molecule has 141 heavy (non-hydrogen) atoms. The van der Waals surface area contributed by atoms with E-state index < -0.39 is 57.4 Å². The van der Waals surface area contributed by atoms with E-state index in [0.29, 0.717) is 79.4 Å². The Morgan fingerprint density at radius 2 is 0.461 bits per heavy atom. The largest absolute Gasteiger partial charge is 0.457 e. The van der Waals surface area contributed by atoms with E-state index in [2.05, 4.69) is 25.3 Å². The lowest BCUT2D eigenvalue weighted by Crippen LogP contribution is -2.30. The van der Waals surface area contributed by atoms with Crippen molar-refractivity contribution in [2.24, 2.45) is 0 Å². The number of hydrogen-bond donors (Lipinski definition) is 0. The molecule has 15 heteroatoms. The van der Waals surface area contributed by atoms with Gasteiger partial charge in [-0.3, -0.25) is 0 Å². The van der Waals surface area contributed by atoms with Gasteiger partial charge in [-0.1, -0.05) is 195 Å². The van der Waals surface area contributed by atoms with E-state index in [9.17, 15) is 8.78 Å². The predicted octanol–water partition coefficient (Wildman–Crippen LogP) is 35.5. The van der Waals surface area contributed by atoms with E-state index in [1.54, 1.807) is 60.7 Å².